The third kappa shape index (κ3) is 3.72. The summed E-state index contributed by atoms with van der Waals surface area (Å²) in [6, 6.07) is 18.1. The quantitative estimate of drug-likeness (QED) is 0.740. The van der Waals surface area contributed by atoms with E-state index < -0.39 is 0 Å². The minimum Gasteiger partial charge on any atom is -0.355 e. The number of fused-ring (bicyclic) bond motifs is 1. The number of nitrogens with one attached hydrogen (secondary N) is 2. The second-order valence-corrected chi connectivity index (χ2v) is 7.14. The first-order valence-corrected chi connectivity index (χ1v) is 9.35. The molecule has 1 aliphatic heterocycles. The van der Waals surface area contributed by atoms with E-state index in [1.807, 2.05) is 42.5 Å². The average Bonchev–Trinajstić information content (AvgIpc) is 3.12. The van der Waals surface area contributed by atoms with Gasteiger partial charge in [0.25, 0.3) is 0 Å². The van der Waals surface area contributed by atoms with Crippen LogP contribution in [0.5, 0.6) is 0 Å². The van der Waals surface area contributed by atoms with Crippen molar-refractivity contribution in [2.75, 3.05) is 18.4 Å². The highest BCUT2D eigenvalue weighted by Gasteiger charge is 2.27. The summed E-state index contributed by atoms with van der Waals surface area (Å²) in [6.45, 7) is 2.81. The lowest BCUT2D eigenvalue weighted by atomic mass is 9.97. The van der Waals surface area contributed by atoms with Gasteiger partial charge in [0.2, 0.25) is 11.8 Å². The molecule has 27 heavy (non-hydrogen) atoms. The molecule has 2 heterocycles. The molecule has 0 bridgehead atoms. The summed E-state index contributed by atoms with van der Waals surface area (Å²) < 4.78 is 0. The maximum absolute atomic E-state index is 12.7. The highest BCUT2D eigenvalue weighted by atomic mass is 16.2. The summed E-state index contributed by atoms with van der Waals surface area (Å²) >= 11 is 0. The number of benzene rings is 2. The Morgan fingerprint density at radius 1 is 1.11 bits per heavy atom. The summed E-state index contributed by atoms with van der Waals surface area (Å²) in [7, 11) is 0. The summed E-state index contributed by atoms with van der Waals surface area (Å²) in [5.41, 5.74) is 3.91. The van der Waals surface area contributed by atoms with E-state index in [-0.39, 0.29) is 17.7 Å². The number of aromatic nitrogens is 1. The Bertz CT molecular complexity index is 959. The Labute approximate surface area is 158 Å². The molecule has 1 aliphatic rings. The van der Waals surface area contributed by atoms with Gasteiger partial charge in [-0.25, -0.2) is 0 Å². The van der Waals surface area contributed by atoms with Crippen LogP contribution in [0.4, 0.5) is 5.69 Å². The second kappa shape index (κ2) is 7.27. The maximum atomic E-state index is 12.7. The number of H-pyrrole nitrogens is 1. The zero-order valence-corrected chi connectivity index (χ0v) is 15.4. The number of nitrogens with zero attached hydrogens (tertiary/aromatic N) is 1. The highest BCUT2D eigenvalue weighted by molar-refractivity contribution is 5.94. The Morgan fingerprint density at radius 3 is 2.78 bits per heavy atom. The molecule has 2 amide bonds. The van der Waals surface area contributed by atoms with Crippen molar-refractivity contribution in [2.24, 2.45) is 5.92 Å². The first kappa shape index (κ1) is 17.3. The van der Waals surface area contributed by atoms with E-state index in [1.54, 1.807) is 11.8 Å². The van der Waals surface area contributed by atoms with E-state index in [0.29, 0.717) is 6.54 Å². The molecular weight excluding hydrogens is 338 g/mol. The van der Waals surface area contributed by atoms with Crippen molar-refractivity contribution < 1.29 is 9.59 Å². The van der Waals surface area contributed by atoms with Crippen LogP contribution in [0.1, 0.15) is 19.8 Å². The van der Waals surface area contributed by atoms with Crippen LogP contribution in [0.2, 0.25) is 0 Å². The number of rotatable bonds is 3. The predicted octanol–water partition coefficient (Wildman–Crippen LogP) is 4.03. The Kier molecular flexibility index (Phi) is 4.67. The molecule has 1 atom stereocenters. The van der Waals surface area contributed by atoms with Gasteiger partial charge in [0, 0.05) is 47.9 Å². The number of carbonyl (C=O) groups is 2. The van der Waals surface area contributed by atoms with Crippen molar-refractivity contribution in [3.05, 3.63) is 54.6 Å². The molecule has 1 aromatic heterocycles. The Hall–Kier alpha value is -3.08. The van der Waals surface area contributed by atoms with Gasteiger partial charge in [-0.3, -0.25) is 9.59 Å². The number of aromatic amines is 1. The number of hydrogen-bond donors (Lipinski definition) is 2. The molecular formula is C22H23N3O2. The van der Waals surface area contributed by atoms with E-state index in [9.17, 15) is 9.59 Å². The minimum absolute atomic E-state index is 0.0188. The molecule has 5 nitrogen and oxygen atoms in total. The van der Waals surface area contributed by atoms with Gasteiger partial charge >= 0.3 is 0 Å². The van der Waals surface area contributed by atoms with Gasteiger partial charge in [0.15, 0.2) is 0 Å². The Morgan fingerprint density at radius 2 is 1.96 bits per heavy atom. The number of hydrogen-bond acceptors (Lipinski definition) is 2. The molecule has 138 valence electrons. The lowest BCUT2D eigenvalue weighted by molar-refractivity contribution is -0.132. The highest BCUT2D eigenvalue weighted by Crippen LogP contribution is 2.26. The summed E-state index contributed by atoms with van der Waals surface area (Å²) in [5.74, 6) is -0.137. The van der Waals surface area contributed by atoms with Crippen molar-refractivity contribution in [1.82, 2.24) is 9.88 Å². The molecule has 4 rings (SSSR count). The monoisotopic (exact) mass is 361 g/mol. The van der Waals surface area contributed by atoms with E-state index >= 15 is 0 Å². The first-order chi connectivity index (χ1) is 13.1. The standard InChI is InChI=1S/C22H23N3O2/c1-15(26)25-11-5-8-18(14-25)22(27)23-19-9-4-7-16(12-19)21-13-17-6-2-3-10-20(17)24-21/h2-4,6-7,9-10,12-13,18,24H,5,8,11,14H2,1H3,(H,23,27)/t18-/m0/s1. The van der Waals surface area contributed by atoms with Crippen LogP contribution in [0.3, 0.4) is 0 Å². The normalized spacial score (nSPS) is 17.1. The van der Waals surface area contributed by atoms with Gasteiger partial charge in [0.1, 0.15) is 0 Å². The van der Waals surface area contributed by atoms with Gasteiger partial charge in [0.05, 0.1) is 5.92 Å². The molecule has 2 N–H and O–H groups in total. The van der Waals surface area contributed by atoms with E-state index in [2.05, 4.69) is 22.4 Å². The molecule has 1 saturated heterocycles. The van der Waals surface area contributed by atoms with Crippen LogP contribution in [0.15, 0.2) is 54.6 Å². The maximum Gasteiger partial charge on any atom is 0.229 e. The number of amides is 2. The Balaban J connectivity index is 1.50. The largest absolute Gasteiger partial charge is 0.355 e. The molecule has 0 saturated carbocycles. The molecule has 3 aromatic rings. The van der Waals surface area contributed by atoms with Gasteiger partial charge in [-0.15, -0.1) is 0 Å². The van der Waals surface area contributed by atoms with Crippen molar-refractivity contribution in [2.45, 2.75) is 19.8 Å². The van der Waals surface area contributed by atoms with Crippen molar-refractivity contribution in [3.8, 4) is 11.3 Å². The fraction of sp³-hybridized carbons (Fsp3) is 0.273. The zero-order chi connectivity index (χ0) is 18.8. The van der Waals surface area contributed by atoms with E-state index in [1.165, 1.54) is 0 Å². The van der Waals surface area contributed by atoms with Gasteiger partial charge in [-0.1, -0.05) is 30.3 Å². The van der Waals surface area contributed by atoms with Gasteiger partial charge in [-0.05, 0) is 37.1 Å². The zero-order valence-electron chi connectivity index (χ0n) is 15.4. The number of anilines is 1. The lowest BCUT2D eigenvalue weighted by Gasteiger charge is -2.31. The first-order valence-electron chi connectivity index (χ1n) is 9.35. The SMILES string of the molecule is CC(=O)N1CCC[C@H](C(=O)Nc2cccc(-c3cc4ccccc4[nH]3)c2)C1. The smallest absolute Gasteiger partial charge is 0.229 e. The van der Waals surface area contributed by atoms with Crippen LogP contribution >= 0.6 is 0 Å². The van der Waals surface area contributed by atoms with Crippen LogP contribution in [-0.2, 0) is 9.59 Å². The third-order valence-electron chi connectivity index (χ3n) is 5.21. The minimum atomic E-state index is -0.153. The molecule has 1 fully saturated rings. The molecule has 0 radical (unpaired) electrons. The van der Waals surface area contributed by atoms with Crippen LogP contribution in [0, 0.1) is 5.92 Å². The van der Waals surface area contributed by atoms with Crippen molar-refractivity contribution >= 4 is 28.4 Å². The molecule has 0 aliphatic carbocycles. The predicted molar refractivity (Wildman–Crippen MR) is 107 cm³/mol. The van der Waals surface area contributed by atoms with Crippen LogP contribution in [-0.4, -0.2) is 34.8 Å². The van der Waals surface area contributed by atoms with Crippen molar-refractivity contribution in [3.63, 3.8) is 0 Å². The van der Waals surface area contributed by atoms with Gasteiger partial charge in [-0.2, -0.15) is 0 Å². The lowest BCUT2D eigenvalue weighted by Crippen LogP contribution is -2.42. The number of likely N-dealkylation sites (tertiary alicyclic amines) is 1. The van der Waals surface area contributed by atoms with Gasteiger partial charge < -0.3 is 15.2 Å². The molecule has 5 heteroatoms. The summed E-state index contributed by atoms with van der Waals surface area (Å²) in [5, 5.41) is 4.18. The summed E-state index contributed by atoms with van der Waals surface area (Å²) in [4.78, 5) is 29.4. The van der Waals surface area contributed by atoms with Crippen LogP contribution in [0.25, 0.3) is 22.2 Å². The topological polar surface area (TPSA) is 65.2 Å². The molecule has 2 aromatic carbocycles. The van der Waals surface area contributed by atoms with E-state index in [4.69, 9.17) is 0 Å². The molecule has 0 unspecified atom stereocenters. The average molecular weight is 361 g/mol. The fourth-order valence-electron chi connectivity index (χ4n) is 3.71. The number of carbonyl (C=O) groups excluding carboxylic acids is 2. The fourth-order valence-corrected chi connectivity index (χ4v) is 3.71. The van der Waals surface area contributed by atoms with E-state index in [0.717, 1.165) is 47.2 Å². The second-order valence-electron chi connectivity index (χ2n) is 7.14. The van der Waals surface area contributed by atoms with Crippen molar-refractivity contribution in [1.29, 1.82) is 0 Å². The number of piperidine rings is 1. The molecule has 0 spiro atoms. The van der Waals surface area contributed by atoms with Crippen LogP contribution < -0.4 is 5.32 Å². The third-order valence-corrected chi connectivity index (χ3v) is 5.21. The number of para-hydroxylation sites is 1. The summed E-state index contributed by atoms with van der Waals surface area (Å²) in [6.07, 6.45) is 1.68.